The smallest absolute Gasteiger partial charge is 0.0954 e. The summed E-state index contributed by atoms with van der Waals surface area (Å²) in [5, 5.41) is 0. The topological polar surface area (TPSA) is 17.8 Å². The highest BCUT2D eigenvalue weighted by Crippen LogP contribution is 2.27. The standard InChI is InChI=1S/C12H22N2/c1-8(2)11-12(9(3)4)14(7-13-11)10(5)6/h7-10H,1-6H3. The first-order valence-corrected chi connectivity index (χ1v) is 5.51. The van der Waals surface area contributed by atoms with E-state index in [0.29, 0.717) is 17.9 Å². The van der Waals surface area contributed by atoms with Crippen LogP contribution in [-0.4, -0.2) is 9.55 Å². The van der Waals surface area contributed by atoms with Gasteiger partial charge in [-0.3, -0.25) is 0 Å². The molecule has 0 aliphatic rings. The largest absolute Gasteiger partial charge is 0.332 e. The molecule has 80 valence electrons. The zero-order valence-electron chi connectivity index (χ0n) is 10.2. The Bertz CT molecular complexity index is 270. The average molecular weight is 194 g/mol. The molecule has 0 aliphatic heterocycles. The summed E-state index contributed by atoms with van der Waals surface area (Å²) >= 11 is 0. The van der Waals surface area contributed by atoms with Gasteiger partial charge in [-0.25, -0.2) is 4.98 Å². The van der Waals surface area contributed by atoms with Crippen molar-refractivity contribution < 1.29 is 0 Å². The lowest BCUT2D eigenvalue weighted by Gasteiger charge is -2.17. The Labute approximate surface area is 87.4 Å². The maximum absolute atomic E-state index is 4.52. The number of aromatic nitrogens is 2. The molecule has 2 nitrogen and oxygen atoms in total. The summed E-state index contributed by atoms with van der Waals surface area (Å²) in [6.07, 6.45) is 1.98. The normalized spacial score (nSPS) is 12.1. The van der Waals surface area contributed by atoms with Crippen molar-refractivity contribution in [3.63, 3.8) is 0 Å². The molecule has 14 heavy (non-hydrogen) atoms. The second kappa shape index (κ2) is 4.16. The van der Waals surface area contributed by atoms with E-state index in [1.165, 1.54) is 11.4 Å². The van der Waals surface area contributed by atoms with Gasteiger partial charge >= 0.3 is 0 Å². The predicted octanol–water partition coefficient (Wildman–Crippen LogP) is 3.71. The third-order valence-corrected chi connectivity index (χ3v) is 2.51. The second-order valence-corrected chi connectivity index (χ2v) is 4.83. The highest BCUT2D eigenvalue weighted by Gasteiger charge is 2.17. The first-order valence-electron chi connectivity index (χ1n) is 5.51. The SMILES string of the molecule is CC(C)c1ncn(C(C)C)c1C(C)C. The van der Waals surface area contributed by atoms with Crippen molar-refractivity contribution in [3.8, 4) is 0 Å². The van der Waals surface area contributed by atoms with Gasteiger partial charge in [-0.2, -0.15) is 0 Å². The maximum atomic E-state index is 4.52. The van der Waals surface area contributed by atoms with Crippen LogP contribution in [0.2, 0.25) is 0 Å². The summed E-state index contributed by atoms with van der Waals surface area (Å²) in [6, 6.07) is 0.507. The second-order valence-electron chi connectivity index (χ2n) is 4.83. The monoisotopic (exact) mass is 194 g/mol. The molecule has 2 heteroatoms. The summed E-state index contributed by atoms with van der Waals surface area (Å²) < 4.78 is 2.29. The van der Waals surface area contributed by atoms with Gasteiger partial charge < -0.3 is 4.57 Å². The van der Waals surface area contributed by atoms with E-state index in [4.69, 9.17) is 0 Å². The van der Waals surface area contributed by atoms with Crippen molar-refractivity contribution in [1.82, 2.24) is 9.55 Å². The van der Waals surface area contributed by atoms with Crippen molar-refractivity contribution in [2.45, 2.75) is 59.4 Å². The minimum atomic E-state index is 0.507. The number of imidazole rings is 1. The Balaban J connectivity index is 3.20. The van der Waals surface area contributed by atoms with Crippen LogP contribution in [-0.2, 0) is 0 Å². The van der Waals surface area contributed by atoms with Gasteiger partial charge in [-0.15, -0.1) is 0 Å². The molecular weight excluding hydrogens is 172 g/mol. The van der Waals surface area contributed by atoms with Gasteiger partial charge in [-0.1, -0.05) is 27.7 Å². The van der Waals surface area contributed by atoms with Gasteiger partial charge in [0.1, 0.15) is 0 Å². The molecule has 1 aromatic heterocycles. The zero-order chi connectivity index (χ0) is 10.9. The summed E-state index contributed by atoms with van der Waals surface area (Å²) in [6.45, 7) is 13.3. The van der Waals surface area contributed by atoms with Crippen LogP contribution >= 0.6 is 0 Å². The molecule has 0 saturated carbocycles. The molecule has 0 aliphatic carbocycles. The Hall–Kier alpha value is -0.790. The van der Waals surface area contributed by atoms with Gasteiger partial charge in [0.25, 0.3) is 0 Å². The molecule has 0 amide bonds. The van der Waals surface area contributed by atoms with E-state index < -0.39 is 0 Å². The third kappa shape index (κ3) is 1.99. The summed E-state index contributed by atoms with van der Waals surface area (Å²) in [5.41, 5.74) is 2.66. The Morgan fingerprint density at radius 1 is 1.00 bits per heavy atom. The highest BCUT2D eigenvalue weighted by atomic mass is 15.1. The lowest BCUT2D eigenvalue weighted by molar-refractivity contribution is 0.553. The van der Waals surface area contributed by atoms with Gasteiger partial charge in [0.05, 0.1) is 12.0 Å². The first-order chi connectivity index (χ1) is 6.45. The third-order valence-electron chi connectivity index (χ3n) is 2.51. The fourth-order valence-electron chi connectivity index (χ4n) is 1.84. The molecular formula is C12H22N2. The van der Waals surface area contributed by atoms with E-state index in [1.807, 2.05) is 6.33 Å². The number of hydrogen-bond acceptors (Lipinski definition) is 1. The van der Waals surface area contributed by atoms with Crippen LogP contribution in [0.15, 0.2) is 6.33 Å². The molecule has 0 spiro atoms. The quantitative estimate of drug-likeness (QED) is 0.717. The molecule has 1 rings (SSSR count). The summed E-state index contributed by atoms with van der Waals surface area (Å²) in [4.78, 5) is 4.52. The Morgan fingerprint density at radius 3 is 1.93 bits per heavy atom. The first kappa shape index (κ1) is 11.3. The van der Waals surface area contributed by atoms with Crippen molar-refractivity contribution in [1.29, 1.82) is 0 Å². The number of nitrogens with zero attached hydrogens (tertiary/aromatic N) is 2. The summed E-state index contributed by atoms with van der Waals surface area (Å²) in [7, 11) is 0. The van der Waals surface area contributed by atoms with Crippen LogP contribution in [0.1, 0.15) is 70.8 Å². The van der Waals surface area contributed by atoms with Crippen molar-refractivity contribution in [2.75, 3.05) is 0 Å². The fourth-order valence-corrected chi connectivity index (χ4v) is 1.84. The van der Waals surface area contributed by atoms with Gasteiger partial charge in [0.15, 0.2) is 0 Å². The molecule has 0 saturated heterocycles. The van der Waals surface area contributed by atoms with E-state index in [2.05, 4.69) is 51.1 Å². The molecule has 1 heterocycles. The minimum absolute atomic E-state index is 0.507. The average Bonchev–Trinajstić information content (AvgIpc) is 2.46. The molecule has 0 aromatic carbocycles. The van der Waals surface area contributed by atoms with Crippen LogP contribution in [0, 0.1) is 0 Å². The maximum Gasteiger partial charge on any atom is 0.0954 e. The van der Waals surface area contributed by atoms with Crippen LogP contribution in [0.25, 0.3) is 0 Å². The Kier molecular flexibility index (Phi) is 3.35. The van der Waals surface area contributed by atoms with E-state index in [0.717, 1.165) is 0 Å². The van der Waals surface area contributed by atoms with Gasteiger partial charge in [-0.05, 0) is 25.7 Å². The lowest BCUT2D eigenvalue weighted by atomic mass is 10.0. The molecule has 0 unspecified atom stereocenters. The van der Waals surface area contributed by atoms with E-state index >= 15 is 0 Å². The van der Waals surface area contributed by atoms with Crippen molar-refractivity contribution in [2.24, 2.45) is 0 Å². The molecule has 0 bridgehead atoms. The fraction of sp³-hybridized carbons (Fsp3) is 0.750. The van der Waals surface area contributed by atoms with Gasteiger partial charge in [0.2, 0.25) is 0 Å². The molecule has 0 radical (unpaired) electrons. The number of rotatable bonds is 3. The molecule has 0 fully saturated rings. The zero-order valence-corrected chi connectivity index (χ0v) is 10.2. The van der Waals surface area contributed by atoms with Crippen LogP contribution in [0.5, 0.6) is 0 Å². The Morgan fingerprint density at radius 2 is 1.57 bits per heavy atom. The summed E-state index contributed by atoms with van der Waals surface area (Å²) in [5.74, 6) is 1.07. The predicted molar refractivity (Wildman–Crippen MR) is 60.8 cm³/mol. The van der Waals surface area contributed by atoms with Crippen LogP contribution in [0.4, 0.5) is 0 Å². The molecule has 0 atom stereocenters. The van der Waals surface area contributed by atoms with Gasteiger partial charge in [0, 0.05) is 11.7 Å². The van der Waals surface area contributed by atoms with Crippen LogP contribution < -0.4 is 0 Å². The molecule has 1 aromatic rings. The van der Waals surface area contributed by atoms with Crippen LogP contribution in [0.3, 0.4) is 0 Å². The van der Waals surface area contributed by atoms with Crippen molar-refractivity contribution in [3.05, 3.63) is 17.7 Å². The van der Waals surface area contributed by atoms with Crippen molar-refractivity contribution >= 4 is 0 Å². The minimum Gasteiger partial charge on any atom is -0.332 e. The van der Waals surface area contributed by atoms with E-state index in [-0.39, 0.29) is 0 Å². The highest BCUT2D eigenvalue weighted by molar-refractivity contribution is 5.20. The van der Waals surface area contributed by atoms with E-state index in [1.54, 1.807) is 0 Å². The number of hydrogen-bond donors (Lipinski definition) is 0. The lowest BCUT2D eigenvalue weighted by Crippen LogP contribution is -2.08. The van der Waals surface area contributed by atoms with E-state index in [9.17, 15) is 0 Å². The molecule has 0 N–H and O–H groups in total.